The molecule has 0 spiro atoms. The van der Waals surface area contributed by atoms with Gasteiger partial charge in [0.25, 0.3) is 0 Å². The van der Waals surface area contributed by atoms with E-state index in [4.69, 9.17) is 5.73 Å². The molecule has 72 valence electrons. The molecule has 1 fully saturated rings. The molecule has 1 unspecified atom stereocenters. The molecule has 13 heavy (non-hydrogen) atoms. The first kappa shape index (κ1) is 9.19. The van der Waals surface area contributed by atoms with E-state index < -0.39 is 0 Å². The van der Waals surface area contributed by atoms with Gasteiger partial charge in [-0.15, -0.1) is 0 Å². The van der Waals surface area contributed by atoms with E-state index in [1.807, 2.05) is 0 Å². The molecule has 2 N–H and O–H groups in total. The molecule has 1 aliphatic heterocycles. The minimum absolute atomic E-state index is 0.625. The summed E-state index contributed by atoms with van der Waals surface area (Å²) in [5.41, 5.74) is 7.15. The fraction of sp³-hybridized carbons (Fsp3) is 0.600. The van der Waals surface area contributed by atoms with Crippen LogP contribution < -0.4 is 5.73 Å². The predicted octanol–water partition coefficient (Wildman–Crippen LogP) is 1.67. The van der Waals surface area contributed by atoms with Crippen LogP contribution in [0.3, 0.4) is 0 Å². The van der Waals surface area contributed by atoms with Crippen molar-refractivity contribution < 1.29 is 0 Å². The zero-order valence-electron chi connectivity index (χ0n) is 7.78. The van der Waals surface area contributed by atoms with Gasteiger partial charge in [0.2, 0.25) is 0 Å². The molecule has 0 bridgehead atoms. The first-order valence-electron chi connectivity index (χ1n) is 4.85. The first-order valence-corrected chi connectivity index (χ1v) is 5.79. The molecule has 1 aromatic heterocycles. The van der Waals surface area contributed by atoms with Crippen LogP contribution in [0.25, 0.3) is 0 Å². The van der Waals surface area contributed by atoms with Gasteiger partial charge in [-0.3, -0.25) is 4.90 Å². The van der Waals surface area contributed by atoms with Gasteiger partial charge in [0.15, 0.2) is 0 Å². The van der Waals surface area contributed by atoms with Crippen molar-refractivity contribution in [1.82, 2.24) is 4.90 Å². The average molecular weight is 196 g/mol. The second-order valence-corrected chi connectivity index (χ2v) is 4.41. The third-order valence-corrected chi connectivity index (χ3v) is 3.47. The largest absolute Gasteiger partial charge is 0.329 e. The van der Waals surface area contributed by atoms with Gasteiger partial charge >= 0.3 is 0 Å². The zero-order chi connectivity index (χ0) is 9.10. The number of thiophene rings is 1. The van der Waals surface area contributed by atoms with Crippen molar-refractivity contribution in [3.05, 3.63) is 22.4 Å². The van der Waals surface area contributed by atoms with Gasteiger partial charge in [0, 0.05) is 19.1 Å². The molecular formula is C10H16N2S. The molecule has 1 aliphatic rings. The number of hydrogen-bond donors (Lipinski definition) is 1. The van der Waals surface area contributed by atoms with Crippen molar-refractivity contribution in [3.8, 4) is 0 Å². The molecular weight excluding hydrogens is 180 g/mol. The van der Waals surface area contributed by atoms with E-state index in [-0.39, 0.29) is 0 Å². The van der Waals surface area contributed by atoms with Crippen molar-refractivity contribution in [2.24, 2.45) is 5.73 Å². The third kappa shape index (κ3) is 2.10. The van der Waals surface area contributed by atoms with Crippen LogP contribution in [0, 0.1) is 0 Å². The highest BCUT2D eigenvalue weighted by Gasteiger charge is 2.22. The lowest BCUT2D eigenvalue weighted by atomic mass is 10.2. The van der Waals surface area contributed by atoms with Crippen LogP contribution in [-0.4, -0.2) is 24.0 Å². The maximum absolute atomic E-state index is 5.71. The second-order valence-electron chi connectivity index (χ2n) is 3.63. The topological polar surface area (TPSA) is 29.3 Å². The molecule has 3 heteroatoms. The van der Waals surface area contributed by atoms with E-state index in [0.717, 1.165) is 13.1 Å². The summed E-state index contributed by atoms with van der Waals surface area (Å²) in [5.74, 6) is 0. The van der Waals surface area contributed by atoms with Crippen molar-refractivity contribution in [3.63, 3.8) is 0 Å². The van der Waals surface area contributed by atoms with Crippen molar-refractivity contribution >= 4 is 11.3 Å². The van der Waals surface area contributed by atoms with E-state index in [1.54, 1.807) is 11.3 Å². The van der Waals surface area contributed by atoms with Gasteiger partial charge < -0.3 is 5.73 Å². The zero-order valence-corrected chi connectivity index (χ0v) is 8.59. The van der Waals surface area contributed by atoms with Gasteiger partial charge in [0.1, 0.15) is 0 Å². The molecule has 0 saturated carbocycles. The smallest absolute Gasteiger partial charge is 0.0245 e. The minimum atomic E-state index is 0.625. The van der Waals surface area contributed by atoms with Crippen molar-refractivity contribution in [2.75, 3.05) is 13.1 Å². The highest BCUT2D eigenvalue weighted by Crippen LogP contribution is 2.19. The molecule has 0 amide bonds. The van der Waals surface area contributed by atoms with Crippen LogP contribution in [0.1, 0.15) is 18.4 Å². The lowest BCUT2D eigenvalue weighted by Gasteiger charge is -2.22. The van der Waals surface area contributed by atoms with Gasteiger partial charge in [-0.05, 0) is 41.8 Å². The third-order valence-electron chi connectivity index (χ3n) is 2.74. The Labute approximate surface area is 83.4 Å². The molecule has 0 radical (unpaired) electrons. The molecule has 1 aromatic rings. The number of hydrogen-bond acceptors (Lipinski definition) is 3. The molecule has 0 aromatic carbocycles. The lowest BCUT2D eigenvalue weighted by Crippen LogP contribution is -2.34. The summed E-state index contributed by atoms with van der Waals surface area (Å²) in [6.45, 7) is 3.12. The summed E-state index contributed by atoms with van der Waals surface area (Å²) in [5, 5.41) is 4.37. The van der Waals surface area contributed by atoms with Crippen LogP contribution in [0.15, 0.2) is 16.8 Å². The highest BCUT2D eigenvalue weighted by molar-refractivity contribution is 7.07. The summed E-state index contributed by atoms with van der Waals surface area (Å²) >= 11 is 1.77. The van der Waals surface area contributed by atoms with Crippen LogP contribution >= 0.6 is 11.3 Å². The van der Waals surface area contributed by atoms with Crippen LogP contribution in [-0.2, 0) is 6.54 Å². The van der Waals surface area contributed by atoms with Crippen LogP contribution in [0.2, 0.25) is 0 Å². The highest BCUT2D eigenvalue weighted by atomic mass is 32.1. The second kappa shape index (κ2) is 4.22. The van der Waals surface area contributed by atoms with Gasteiger partial charge in [-0.1, -0.05) is 0 Å². The SMILES string of the molecule is NCC1CCCN1Cc1ccsc1. The Hall–Kier alpha value is -0.380. The standard InChI is InChI=1S/C10H16N2S/c11-6-10-2-1-4-12(10)7-9-3-5-13-8-9/h3,5,8,10H,1-2,4,6-7,11H2. The molecule has 2 nitrogen and oxygen atoms in total. The van der Waals surface area contributed by atoms with E-state index in [2.05, 4.69) is 21.7 Å². The monoisotopic (exact) mass is 196 g/mol. The number of nitrogens with zero attached hydrogens (tertiary/aromatic N) is 1. The Kier molecular flexibility index (Phi) is 2.98. The summed E-state index contributed by atoms with van der Waals surface area (Å²) in [7, 11) is 0. The summed E-state index contributed by atoms with van der Waals surface area (Å²) in [6, 6.07) is 2.83. The first-order chi connectivity index (χ1) is 6.40. The van der Waals surface area contributed by atoms with E-state index in [0.29, 0.717) is 6.04 Å². The maximum Gasteiger partial charge on any atom is 0.0245 e. The Morgan fingerprint density at radius 1 is 1.62 bits per heavy atom. The van der Waals surface area contributed by atoms with Gasteiger partial charge in [-0.25, -0.2) is 0 Å². The fourth-order valence-corrected chi connectivity index (χ4v) is 2.65. The Morgan fingerprint density at radius 2 is 2.54 bits per heavy atom. The summed E-state index contributed by atoms with van der Waals surface area (Å²) in [4.78, 5) is 2.50. The molecule has 1 atom stereocenters. The summed E-state index contributed by atoms with van der Waals surface area (Å²) in [6.07, 6.45) is 2.59. The Balaban J connectivity index is 1.94. The number of nitrogens with two attached hydrogens (primary N) is 1. The normalized spacial score (nSPS) is 23.9. The van der Waals surface area contributed by atoms with Crippen molar-refractivity contribution in [1.29, 1.82) is 0 Å². The predicted molar refractivity (Wildman–Crippen MR) is 56.8 cm³/mol. The maximum atomic E-state index is 5.71. The minimum Gasteiger partial charge on any atom is -0.329 e. The molecule has 2 rings (SSSR count). The molecule has 1 saturated heterocycles. The van der Waals surface area contributed by atoms with Crippen LogP contribution in [0.5, 0.6) is 0 Å². The van der Waals surface area contributed by atoms with Gasteiger partial charge in [0.05, 0.1) is 0 Å². The van der Waals surface area contributed by atoms with E-state index in [9.17, 15) is 0 Å². The average Bonchev–Trinajstić information content (AvgIpc) is 2.76. The molecule has 2 heterocycles. The number of likely N-dealkylation sites (tertiary alicyclic amines) is 1. The molecule has 0 aliphatic carbocycles. The Bertz CT molecular complexity index is 245. The van der Waals surface area contributed by atoms with E-state index in [1.165, 1.54) is 24.9 Å². The number of rotatable bonds is 3. The van der Waals surface area contributed by atoms with Crippen LogP contribution in [0.4, 0.5) is 0 Å². The summed E-state index contributed by atoms with van der Waals surface area (Å²) < 4.78 is 0. The fourth-order valence-electron chi connectivity index (χ4n) is 1.99. The Morgan fingerprint density at radius 3 is 3.23 bits per heavy atom. The van der Waals surface area contributed by atoms with Crippen molar-refractivity contribution in [2.45, 2.75) is 25.4 Å². The van der Waals surface area contributed by atoms with E-state index >= 15 is 0 Å². The quantitative estimate of drug-likeness (QED) is 0.797. The van der Waals surface area contributed by atoms with Gasteiger partial charge in [-0.2, -0.15) is 11.3 Å². The lowest BCUT2D eigenvalue weighted by molar-refractivity contribution is 0.250.